The molecule has 0 bridgehead atoms. The normalized spacial score (nSPS) is 21.3. The van der Waals surface area contributed by atoms with E-state index >= 15 is 0 Å². The van der Waals surface area contributed by atoms with Gasteiger partial charge in [0.1, 0.15) is 0 Å². The Labute approximate surface area is 104 Å². The summed E-state index contributed by atoms with van der Waals surface area (Å²) in [6.07, 6.45) is 5.47. The van der Waals surface area contributed by atoms with E-state index in [0.29, 0.717) is 0 Å². The van der Waals surface area contributed by atoms with Gasteiger partial charge in [0.15, 0.2) is 0 Å². The van der Waals surface area contributed by atoms with Crippen molar-refractivity contribution in [2.75, 3.05) is 31.1 Å². The molecule has 3 rings (SSSR count). The molecule has 1 aromatic carbocycles. The number of benzene rings is 1. The molecule has 2 heteroatoms. The Morgan fingerprint density at radius 2 is 1.35 bits per heavy atom. The smallest absolute Gasteiger partial charge is 0.0366 e. The van der Waals surface area contributed by atoms with Crippen LogP contribution < -0.4 is 4.90 Å². The van der Waals surface area contributed by atoms with Crippen LogP contribution >= 0.6 is 0 Å². The lowest BCUT2D eigenvalue weighted by atomic mass is 10.2. The molecule has 2 heterocycles. The molecule has 1 aromatic rings. The van der Waals surface area contributed by atoms with E-state index in [9.17, 15) is 0 Å². The van der Waals surface area contributed by atoms with E-state index in [0.717, 1.165) is 6.54 Å². The summed E-state index contributed by atoms with van der Waals surface area (Å²) in [6.45, 7) is 6.19. The molecule has 0 aliphatic carbocycles. The largest absolute Gasteiger partial charge is 0.372 e. The summed E-state index contributed by atoms with van der Waals surface area (Å²) >= 11 is 0. The van der Waals surface area contributed by atoms with Gasteiger partial charge in [0.05, 0.1) is 0 Å². The van der Waals surface area contributed by atoms with Crippen molar-refractivity contribution in [2.24, 2.45) is 0 Å². The van der Waals surface area contributed by atoms with Crippen LogP contribution in [0.1, 0.15) is 31.2 Å². The molecule has 17 heavy (non-hydrogen) atoms. The van der Waals surface area contributed by atoms with Gasteiger partial charge in [0, 0.05) is 25.3 Å². The van der Waals surface area contributed by atoms with Crippen molar-refractivity contribution in [3.05, 3.63) is 29.8 Å². The van der Waals surface area contributed by atoms with Crippen molar-refractivity contribution in [1.82, 2.24) is 4.90 Å². The molecule has 0 atom stereocenters. The summed E-state index contributed by atoms with van der Waals surface area (Å²) in [5, 5.41) is 0. The molecular formula is C15H22N2. The molecule has 2 fully saturated rings. The van der Waals surface area contributed by atoms with Crippen LogP contribution in [-0.2, 0) is 6.54 Å². The highest BCUT2D eigenvalue weighted by Crippen LogP contribution is 2.21. The molecule has 0 saturated carbocycles. The zero-order chi connectivity index (χ0) is 11.5. The van der Waals surface area contributed by atoms with Crippen molar-refractivity contribution in [3.8, 4) is 0 Å². The fourth-order valence-corrected chi connectivity index (χ4v) is 2.99. The average molecular weight is 230 g/mol. The standard InChI is InChI=1S/C15H22N2/c1-2-10-16(9-1)13-14-5-7-15(8-6-14)17-11-3-4-12-17/h5-8H,1-4,9-13H2. The van der Waals surface area contributed by atoms with E-state index in [1.165, 1.54) is 63.1 Å². The number of nitrogens with zero attached hydrogens (tertiary/aromatic N) is 2. The van der Waals surface area contributed by atoms with E-state index < -0.39 is 0 Å². The minimum atomic E-state index is 1.14. The van der Waals surface area contributed by atoms with Crippen LogP contribution in [0.5, 0.6) is 0 Å². The second-order valence-corrected chi connectivity index (χ2v) is 5.34. The van der Waals surface area contributed by atoms with E-state index in [1.54, 1.807) is 0 Å². The van der Waals surface area contributed by atoms with Crippen LogP contribution in [-0.4, -0.2) is 31.1 Å². The predicted molar refractivity (Wildman–Crippen MR) is 72.4 cm³/mol. The lowest BCUT2D eigenvalue weighted by Crippen LogP contribution is -2.19. The Morgan fingerprint density at radius 3 is 2.00 bits per heavy atom. The Hall–Kier alpha value is -1.02. The Balaban J connectivity index is 1.62. The number of anilines is 1. The predicted octanol–water partition coefficient (Wildman–Crippen LogP) is 2.88. The maximum absolute atomic E-state index is 2.56. The zero-order valence-corrected chi connectivity index (χ0v) is 10.6. The summed E-state index contributed by atoms with van der Waals surface area (Å²) in [4.78, 5) is 5.06. The number of rotatable bonds is 3. The van der Waals surface area contributed by atoms with Gasteiger partial charge in [-0.2, -0.15) is 0 Å². The highest BCUT2D eigenvalue weighted by atomic mass is 15.1. The third kappa shape index (κ3) is 2.63. The quantitative estimate of drug-likeness (QED) is 0.788. The number of likely N-dealkylation sites (tertiary alicyclic amines) is 1. The SMILES string of the molecule is c1cc(N2CCCC2)ccc1CN1CCCC1. The summed E-state index contributed by atoms with van der Waals surface area (Å²) in [5.74, 6) is 0. The first-order valence-electron chi connectivity index (χ1n) is 6.98. The third-order valence-corrected chi connectivity index (χ3v) is 4.01. The monoisotopic (exact) mass is 230 g/mol. The molecule has 0 N–H and O–H groups in total. The molecule has 0 unspecified atom stereocenters. The minimum Gasteiger partial charge on any atom is -0.372 e. The van der Waals surface area contributed by atoms with Crippen LogP contribution in [0.15, 0.2) is 24.3 Å². The van der Waals surface area contributed by atoms with Crippen LogP contribution in [0.4, 0.5) is 5.69 Å². The fourth-order valence-electron chi connectivity index (χ4n) is 2.99. The molecule has 0 radical (unpaired) electrons. The van der Waals surface area contributed by atoms with Gasteiger partial charge in [-0.15, -0.1) is 0 Å². The lowest BCUT2D eigenvalue weighted by Gasteiger charge is -2.19. The zero-order valence-electron chi connectivity index (χ0n) is 10.6. The van der Waals surface area contributed by atoms with E-state index in [2.05, 4.69) is 34.1 Å². The van der Waals surface area contributed by atoms with Crippen molar-refractivity contribution >= 4 is 5.69 Å². The number of hydrogen-bond donors (Lipinski definition) is 0. The van der Waals surface area contributed by atoms with Crippen molar-refractivity contribution in [2.45, 2.75) is 32.2 Å². The van der Waals surface area contributed by atoms with Gasteiger partial charge in [-0.3, -0.25) is 4.90 Å². The van der Waals surface area contributed by atoms with Crippen LogP contribution in [0.3, 0.4) is 0 Å². The van der Waals surface area contributed by atoms with Gasteiger partial charge in [-0.25, -0.2) is 0 Å². The molecule has 0 spiro atoms. The van der Waals surface area contributed by atoms with Crippen molar-refractivity contribution in [1.29, 1.82) is 0 Å². The van der Waals surface area contributed by atoms with Crippen LogP contribution in [0.25, 0.3) is 0 Å². The maximum Gasteiger partial charge on any atom is 0.0366 e. The van der Waals surface area contributed by atoms with Gasteiger partial charge in [-0.05, 0) is 56.5 Å². The first kappa shape index (κ1) is 11.1. The fraction of sp³-hybridized carbons (Fsp3) is 0.600. The second kappa shape index (κ2) is 5.09. The van der Waals surface area contributed by atoms with E-state index in [4.69, 9.17) is 0 Å². The van der Waals surface area contributed by atoms with Crippen LogP contribution in [0.2, 0.25) is 0 Å². The number of hydrogen-bond acceptors (Lipinski definition) is 2. The molecule has 2 saturated heterocycles. The molecule has 92 valence electrons. The molecular weight excluding hydrogens is 208 g/mol. The average Bonchev–Trinajstić information content (AvgIpc) is 3.01. The maximum atomic E-state index is 2.56. The van der Waals surface area contributed by atoms with Crippen molar-refractivity contribution in [3.63, 3.8) is 0 Å². The Bertz CT molecular complexity index is 346. The second-order valence-electron chi connectivity index (χ2n) is 5.34. The van der Waals surface area contributed by atoms with Gasteiger partial charge in [-0.1, -0.05) is 12.1 Å². The summed E-state index contributed by atoms with van der Waals surface area (Å²) < 4.78 is 0. The summed E-state index contributed by atoms with van der Waals surface area (Å²) in [7, 11) is 0. The van der Waals surface area contributed by atoms with Crippen LogP contribution in [0, 0.1) is 0 Å². The minimum absolute atomic E-state index is 1.14. The first-order chi connectivity index (χ1) is 8.42. The topological polar surface area (TPSA) is 6.48 Å². The van der Waals surface area contributed by atoms with Gasteiger partial charge >= 0.3 is 0 Å². The van der Waals surface area contributed by atoms with E-state index in [1.807, 2.05) is 0 Å². The summed E-state index contributed by atoms with van der Waals surface area (Å²) in [5.41, 5.74) is 2.88. The third-order valence-electron chi connectivity index (χ3n) is 4.01. The Kier molecular flexibility index (Phi) is 3.32. The summed E-state index contributed by atoms with van der Waals surface area (Å²) in [6, 6.07) is 9.23. The van der Waals surface area contributed by atoms with E-state index in [-0.39, 0.29) is 0 Å². The molecule has 0 amide bonds. The first-order valence-corrected chi connectivity index (χ1v) is 6.98. The highest BCUT2D eigenvalue weighted by Gasteiger charge is 2.13. The molecule has 2 aliphatic rings. The van der Waals surface area contributed by atoms with Gasteiger partial charge in [0.25, 0.3) is 0 Å². The lowest BCUT2D eigenvalue weighted by molar-refractivity contribution is 0.331. The van der Waals surface area contributed by atoms with Gasteiger partial charge in [0.2, 0.25) is 0 Å². The molecule has 2 aliphatic heterocycles. The Morgan fingerprint density at radius 1 is 0.765 bits per heavy atom. The van der Waals surface area contributed by atoms with Gasteiger partial charge < -0.3 is 4.90 Å². The van der Waals surface area contributed by atoms with Crippen molar-refractivity contribution < 1.29 is 0 Å². The molecule has 0 aromatic heterocycles. The highest BCUT2D eigenvalue weighted by molar-refractivity contribution is 5.48. The molecule has 2 nitrogen and oxygen atoms in total.